The van der Waals surface area contributed by atoms with Crippen LogP contribution in [0.1, 0.15) is 6.92 Å². The third kappa shape index (κ3) is 2.53. The second-order valence-electron chi connectivity index (χ2n) is 1.57. The minimum absolute atomic E-state index is 0.376. The van der Waals surface area contributed by atoms with Gasteiger partial charge in [0.15, 0.2) is 4.33 Å². The van der Waals surface area contributed by atoms with Gasteiger partial charge in [-0.05, 0) is 6.92 Å². The van der Waals surface area contributed by atoms with Crippen LogP contribution in [0.4, 0.5) is 0 Å². The molecule has 1 atom stereocenters. The molecule has 1 unspecified atom stereocenters. The standard InChI is InChI=1S/C4H7BrCl2O/c1-3(8)4(6,7)2-5/h3,8H,2H2,1H3. The molecule has 0 amide bonds. The Kier molecular flexibility index (Phi) is 3.67. The van der Waals surface area contributed by atoms with Gasteiger partial charge in [-0.25, -0.2) is 0 Å². The van der Waals surface area contributed by atoms with Crippen molar-refractivity contribution < 1.29 is 5.11 Å². The minimum Gasteiger partial charge on any atom is -0.390 e. The molecule has 0 rings (SSSR count). The Balaban J connectivity index is 3.71. The van der Waals surface area contributed by atoms with Crippen molar-refractivity contribution >= 4 is 39.1 Å². The van der Waals surface area contributed by atoms with E-state index in [2.05, 4.69) is 15.9 Å². The van der Waals surface area contributed by atoms with Gasteiger partial charge in [0.25, 0.3) is 0 Å². The molecule has 0 fully saturated rings. The van der Waals surface area contributed by atoms with Crippen LogP contribution in [0.2, 0.25) is 0 Å². The van der Waals surface area contributed by atoms with Gasteiger partial charge in [0, 0.05) is 5.33 Å². The number of alkyl halides is 3. The number of hydrogen-bond acceptors (Lipinski definition) is 1. The van der Waals surface area contributed by atoms with Crippen LogP contribution in [0.15, 0.2) is 0 Å². The van der Waals surface area contributed by atoms with E-state index in [1.54, 1.807) is 6.92 Å². The van der Waals surface area contributed by atoms with E-state index in [-0.39, 0.29) is 0 Å². The Labute approximate surface area is 67.1 Å². The Bertz CT molecular complexity index is 74.4. The highest BCUT2D eigenvalue weighted by Gasteiger charge is 2.28. The number of aliphatic hydroxyl groups excluding tert-OH is 1. The van der Waals surface area contributed by atoms with Crippen LogP contribution in [-0.2, 0) is 0 Å². The van der Waals surface area contributed by atoms with Crippen molar-refractivity contribution in [2.24, 2.45) is 0 Å². The first-order valence-electron chi connectivity index (χ1n) is 2.12. The molecule has 0 heterocycles. The monoisotopic (exact) mass is 220 g/mol. The topological polar surface area (TPSA) is 20.2 Å². The molecule has 1 N–H and O–H groups in total. The van der Waals surface area contributed by atoms with E-state index >= 15 is 0 Å². The van der Waals surface area contributed by atoms with Crippen LogP contribution in [0.25, 0.3) is 0 Å². The summed E-state index contributed by atoms with van der Waals surface area (Å²) in [7, 11) is 0. The van der Waals surface area contributed by atoms with E-state index in [4.69, 9.17) is 28.3 Å². The first-order chi connectivity index (χ1) is 3.50. The molecule has 0 saturated carbocycles. The van der Waals surface area contributed by atoms with E-state index in [1.807, 2.05) is 0 Å². The molecule has 0 saturated heterocycles. The number of aliphatic hydroxyl groups is 1. The summed E-state index contributed by atoms with van der Waals surface area (Å²) in [5, 5.41) is 9.16. The zero-order chi connectivity index (χ0) is 6.78. The minimum atomic E-state index is -1.04. The summed E-state index contributed by atoms with van der Waals surface area (Å²) in [4.78, 5) is 0. The Hall–Kier alpha value is 1.02. The van der Waals surface area contributed by atoms with Gasteiger partial charge in [0.1, 0.15) is 0 Å². The zero-order valence-corrected chi connectivity index (χ0v) is 7.46. The SMILES string of the molecule is CC(O)C(Cl)(Cl)CBr. The van der Waals surface area contributed by atoms with Gasteiger partial charge in [0.2, 0.25) is 0 Å². The largest absolute Gasteiger partial charge is 0.390 e. The maximum absolute atomic E-state index is 8.79. The third-order valence-corrected chi connectivity index (χ3v) is 3.22. The van der Waals surface area contributed by atoms with Gasteiger partial charge in [-0.3, -0.25) is 0 Å². The van der Waals surface area contributed by atoms with Crippen molar-refractivity contribution in [3.63, 3.8) is 0 Å². The number of rotatable bonds is 2. The molecule has 0 aliphatic heterocycles. The first kappa shape index (κ1) is 9.02. The molecule has 0 bridgehead atoms. The van der Waals surface area contributed by atoms with Crippen molar-refractivity contribution in [2.75, 3.05) is 5.33 Å². The molecule has 0 aliphatic carbocycles. The lowest BCUT2D eigenvalue weighted by molar-refractivity contribution is 0.183. The quantitative estimate of drug-likeness (QED) is 0.707. The predicted molar refractivity (Wildman–Crippen MR) is 39.9 cm³/mol. The maximum Gasteiger partial charge on any atom is 0.153 e. The first-order valence-corrected chi connectivity index (χ1v) is 4.00. The van der Waals surface area contributed by atoms with Crippen LogP contribution < -0.4 is 0 Å². The number of halogens is 3. The van der Waals surface area contributed by atoms with Crippen molar-refractivity contribution in [3.05, 3.63) is 0 Å². The van der Waals surface area contributed by atoms with Crippen LogP contribution in [0.3, 0.4) is 0 Å². The van der Waals surface area contributed by atoms with Gasteiger partial charge in [-0.1, -0.05) is 39.1 Å². The highest BCUT2D eigenvalue weighted by atomic mass is 79.9. The molecule has 1 nitrogen and oxygen atoms in total. The van der Waals surface area contributed by atoms with E-state index in [9.17, 15) is 0 Å². The summed E-state index contributed by atoms with van der Waals surface area (Å²) < 4.78 is -1.04. The molecule has 0 aromatic heterocycles. The smallest absolute Gasteiger partial charge is 0.153 e. The fraction of sp³-hybridized carbons (Fsp3) is 1.00. The second kappa shape index (κ2) is 3.25. The predicted octanol–water partition coefficient (Wildman–Crippen LogP) is 1.94. The lowest BCUT2D eigenvalue weighted by Gasteiger charge is -2.18. The lowest BCUT2D eigenvalue weighted by Crippen LogP contribution is -2.29. The van der Waals surface area contributed by atoms with Crippen LogP contribution >= 0.6 is 39.1 Å². The molecule has 0 aromatic rings. The maximum atomic E-state index is 8.79. The van der Waals surface area contributed by atoms with Crippen LogP contribution in [0, 0.1) is 0 Å². The lowest BCUT2D eigenvalue weighted by atomic mass is 10.3. The molecule has 0 spiro atoms. The fourth-order valence-electron chi connectivity index (χ4n) is 0.112. The Morgan fingerprint density at radius 2 is 2.12 bits per heavy atom. The summed E-state index contributed by atoms with van der Waals surface area (Å²) in [6.45, 7) is 1.54. The molecular formula is C4H7BrCl2O. The number of hydrogen-bond donors (Lipinski definition) is 1. The summed E-state index contributed by atoms with van der Waals surface area (Å²) >= 11 is 14.1. The normalized spacial score (nSPS) is 16.1. The van der Waals surface area contributed by atoms with Crippen molar-refractivity contribution in [2.45, 2.75) is 17.4 Å². The Morgan fingerprint density at radius 1 is 1.75 bits per heavy atom. The van der Waals surface area contributed by atoms with Crippen molar-refractivity contribution in [1.29, 1.82) is 0 Å². The van der Waals surface area contributed by atoms with E-state index in [0.29, 0.717) is 5.33 Å². The summed E-state index contributed by atoms with van der Waals surface area (Å²) in [5.41, 5.74) is 0. The fourth-order valence-corrected chi connectivity index (χ4v) is 0.580. The molecule has 0 radical (unpaired) electrons. The molecule has 8 heavy (non-hydrogen) atoms. The van der Waals surface area contributed by atoms with Crippen molar-refractivity contribution in [3.8, 4) is 0 Å². The van der Waals surface area contributed by atoms with Gasteiger partial charge < -0.3 is 5.11 Å². The molecular weight excluding hydrogens is 215 g/mol. The summed E-state index contributed by atoms with van der Waals surface area (Å²) in [6, 6.07) is 0. The van der Waals surface area contributed by atoms with Gasteiger partial charge in [-0.15, -0.1) is 0 Å². The molecule has 4 heteroatoms. The van der Waals surface area contributed by atoms with Gasteiger partial charge in [-0.2, -0.15) is 0 Å². The van der Waals surface area contributed by atoms with Gasteiger partial charge >= 0.3 is 0 Å². The van der Waals surface area contributed by atoms with Gasteiger partial charge in [0.05, 0.1) is 6.10 Å². The summed E-state index contributed by atoms with van der Waals surface area (Å²) in [6.07, 6.45) is -0.704. The van der Waals surface area contributed by atoms with E-state index in [1.165, 1.54) is 0 Å². The summed E-state index contributed by atoms with van der Waals surface area (Å²) in [5.74, 6) is 0. The average Bonchev–Trinajstić information content (AvgIpc) is 1.67. The second-order valence-corrected chi connectivity index (χ2v) is 3.67. The van der Waals surface area contributed by atoms with Crippen molar-refractivity contribution in [1.82, 2.24) is 0 Å². The molecule has 0 aromatic carbocycles. The van der Waals surface area contributed by atoms with E-state index in [0.717, 1.165) is 0 Å². The van der Waals surface area contributed by atoms with E-state index < -0.39 is 10.4 Å². The van der Waals surface area contributed by atoms with Crippen LogP contribution in [0.5, 0.6) is 0 Å². The molecule has 0 aliphatic rings. The average molecular weight is 222 g/mol. The van der Waals surface area contributed by atoms with Crippen LogP contribution in [-0.4, -0.2) is 20.9 Å². The molecule has 50 valence electrons. The highest BCUT2D eigenvalue weighted by Crippen LogP contribution is 2.26. The Morgan fingerprint density at radius 3 is 2.12 bits per heavy atom. The zero-order valence-electron chi connectivity index (χ0n) is 4.37. The highest BCUT2D eigenvalue weighted by molar-refractivity contribution is 9.09. The third-order valence-electron chi connectivity index (χ3n) is 0.789.